The molecule has 8 aromatic rings. The van der Waals surface area contributed by atoms with Crippen LogP contribution in [0.5, 0.6) is 0 Å². The summed E-state index contributed by atoms with van der Waals surface area (Å²) in [6.45, 7) is 35.0. The standard InChI is InChI=1S/C74H86B10BrClN4/c1-17-54(75)60(77)61(78)55(76)38-87-57-37-48(26-28-56(57)90(70-65(82)63(80)62(79)64(81)66(70)83)84(87)67-39(2)29-44(30-40(67)3)72(9,10)11)88(47-25-27-51-50-23-18-19-24-52(50)74(15,16)53(51)36-47)58-34-45(73(12,13)14)35-59(68(58)85)89(49-31-41(4)69(86)42(5)32-49)46-22-20-21-43(33-46)71(6,7)8/h1,18-37H,38,75-83H2,2-16H3/b60-54-,61-55-. The first-order valence-electron chi connectivity index (χ1n) is 32.2. The molecule has 0 bridgehead atoms. The number of terminal acetylenes is 1. The molecule has 0 amide bonds. The summed E-state index contributed by atoms with van der Waals surface area (Å²) in [6, 6.07) is 46.9. The van der Waals surface area contributed by atoms with E-state index in [4.69, 9.17) is 18.0 Å². The van der Waals surface area contributed by atoms with E-state index in [1.807, 2.05) is 0 Å². The minimum absolute atomic E-state index is 0.0356. The lowest BCUT2D eigenvalue weighted by atomic mass is 9.57. The molecule has 0 N–H and O–H groups in total. The predicted molar refractivity (Wildman–Crippen MR) is 427 cm³/mol. The first-order chi connectivity index (χ1) is 42.0. The highest BCUT2D eigenvalue weighted by Crippen LogP contribution is 2.55. The van der Waals surface area contributed by atoms with Gasteiger partial charge in [0.1, 0.15) is 70.6 Å². The molecule has 4 nitrogen and oxygen atoms in total. The number of nitrogens with zero attached hydrogens (tertiary/aromatic N) is 4. The number of fused-ring (bicyclic) bond motifs is 4. The van der Waals surface area contributed by atoms with Crippen LogP contribution in [0.1, 0.15) is 126 Å². The molecule has 1 aliphatic carbocycles. The Hall–Kier alpha value is -6.58. The Morgan fingerprint density at radius 1 is 0.544 bits per heavy atom. The van der Waals surface area contributed by atoms with Crippen LogP contribution in [0.15, 0.2) is 148 Å². The summed E-state index contributed by atoms with van der Waals surface area (Å²) < 4.78 is 0.962. The van der Waals surface area contributed by atoms with Crippen molar-refractivity contribution in [3.63, 3.8) is 0 Å². The van der Waals surface area contributed by atoms with Crippen LogP contribution in [0.4, 0.5) is 51.2 Å². The summed E-state index contributed by atoms with van der Waals surface area (Å²) in [7, 11) is 20.4. The number of benzene rings is 8. The van der Waals surface area contributed by atoms with E-state index in [1.54, 1.807) is 0 Å². The second-order valence-corrected chi connectivity index (χ2v) is 31.1. The Balaban J connectivity index is 1.35. The lowest BCUT2D eigenvalue weighted by Crippen LogP contribution is -2.62. The third kappa shape index (κ3) is 11.7. The van der Waals surface area contributed by atoms with E-state index in [1.165, 1.54) is 105 Å². The van der Waals surface area contributed by atoms with E-state index in [0.29, 0.717) is 6.54 Å². The van der Waals surface area contributed by atoms with E-state index in [0.717, 1.165) is 71.4 Å². The molecule has 90 heavy (non-hydrogen) atoms. The van der Waals surface area contributed by atoms with Gasteiger partial charge < -0.3 is 19.4 Å². The van der Waals surface area contributed by atoms with Gasteiger partial charge in [0, 0.05) is 45.4 Å². The van der Waals surface area contributed by atoms with E-state index < -0.39 is 0 Å². The highest BCUT2D eigenvalue weighted by molar-refractivity contribution is 9.10. The van der Waals surface area contributed by atoms with Gasteiger partial charge in [-0.2, -0.15) is 0 Å². The van der Waals surface area contributed by atoms with Crippen LogP contribution in [0, 0.1) is 40.0 Å². The van der Waals surface area contributed by atoms with Gasteiger partial charge in [-0.1, -0.05) is 192 Å². The Morgan fingerprint density at radius 3 is 1.61 bits per heavy atom. The summed E-state index contributed by atoms with van der Waals surface area (Å²) >= 11 is 11.6. The largest absolute Gasteiger partial charge is 0.416 e. The van der Waals surface area contributed by atoms with Crippen LogP contribution in [0.25, 0.3) is 11.1 Å². The van der Waals surface area contributed by atoms with Crippen LogP contribution in [0.2, 0.25) is 5.02 Å². The Labute approximate surface area is 562 Å². The fraction of sp³-hybridized carbons (Fsp3) is 0.270. The van der Waals surface area contributed by atoms with Crippen molar-refractivity contribution in [1.29, 1.82) is 0 Å². The topological polar surface area (TPSA) is 13.0 Å². The van der Waals surface area contributed by atoms with E-state index >= 15 is 0 Å². The SMILES string of the molecule is B/C(C#C)=C(B)/C(B)=C(/B)CN1B(c2c(C)cc(C(C)(C)C)cc2C)N(c2c(B)c(B)c(B)c(B)c2B)c2ccc(N(c3ccc4c(c3)C(C)(C)c3ccccc3-4)c3cc(C(C)(C)C)cc(N(c4cccc(C(C)(C)C)c4)c4cc(C)c(Cl)c(C)c4)c3Br)cc21. The zero-order valence-corrected chi connectivity index (χ0v) is 60.8. The Kier molecular flexibility index (Phi) is 17.8. The zero-order chi connectivity index (χ0) is 65.9. The molecule has 0 atom stereocenters. The van der Waals surface area contributed by atoms with Gasteiger partial charge in [-0.15, -0.1) is 17.4 Å². The summed E-state index contributed by atoms with van der Waals surface area (Å²) in [6.07, 6.45) is 6.17. The maximum Gasteiger partial charge on any atom is 0.416 e. The second kappa shape index (κ2) is 24.1. The number of anilines is 9. The summed E-state index contributed by atoms with van der Waals surface area (Å²) in [4.78, 5) is 10.4. The number of aryl methyl sites for hydroxylation is 4. The quantitative estimate of drug-likeness (QED) is 0.0749. The molecule has 2 aliphatic rings. The van der Waals surface area contributed by atoms with Gasteiger partial charge in [0.05, 0.1) is 27.2 Å². The molecule has 0 fully saturated rings. The molecule has 0 saturated heterocycles. The van der Waals surface area contributed by atoms with Gasteiger partial charge in [-0.25, -0.2) is 0 Å². The van der Waals surface area contributed by atoms with Crippen molar-refractivity contribution >= 4 is 189 Å². The molecule has 0 saturated carbocycles. The lowest BCUT2D eigenvalue weighted by Gasteiger charge is -2.36. The molecular weight excluding hydrogens is 1170 g/mol. The third-order valence-corrected chi connectivity index (χ3v) is 21.9. The molecule has 0 aromatic heterocycles. The van der Waals surface area contributed by atoms with E-state index in [2.05, 4.69) is 337 Å². The maximum atomic E-state index is 7.07. The molecular formula is C74H86B10BrClN4. The summed E-state index contributed by atoms with van der Waals surface area (Å²) in [5, 5.41) is 0.782. The molecule has 0 radical (unpaired) electrons. The monoisotopic (exact) mass is 1250 g/mol. The van der Waals surface area contributed by atoms with Crippen LogP contribution in [-0.4, -0.2) is 84.1 Å². The van der Waals surface area contributed by atoms with Gasteiger partial charge in [-0.3, -0.25) is 0 Å². The molecule has 446 valence electrons. The Morgan fingerprint density at radius 2 is 1.04 bits per heavy atom. The lowest BCUT2D eigenvalue weighted by molar-refractivity contribution is 0.589. The van der Waals surface area contributed by atoms with Crippen LogP contribution in [0.3, 0.4) is 0 Å². The van der Waals surface area contributed by atoms with Crippen molar-refractivity contribution in [3.8, 4) is 23.5 Å². The van der Waals surface area contributed by atoms with E-state index in [-0.39, 0.29) is 28.6 Å². The first-order valence-corrected chi connectivity index (χ1v) is 33.4. The number of hydrogen-bond donors (Lipinski definition) is 0. The second-order valence-electron chi connectivity index (χ2n) is 29.9. The smallest absolute Gasteiger partial charge is 0.387 e. The van der Waals surface area contributed by atoms with Crippen molar-refractivity contribution < 1.29 is 0 Å². The molecule has 16 heteroatoms. The molecule has 1 aliphatic heterocycles. The fourth-order valence-corrected chi connectivity index (χ4v) is 14.8. The number of allylic oxidation sites excluding steroid dienone is 3. The molecule has 0 unspecified atom stereocenters. The van der Waals surface area contributed by atoms with Gasteiger partial charge in [-0.05, 0) is 188 Å². The number of halogens is 2. The fourth-order valence-electron chi connectivity index (χ4n) is 14.1. The maximum absolute atomic E-state index is 7.07. The first kappa shape index (κ1) is 66.3. The van der Waals surface area contributed by atoms with Crippen molar-refractivity contribution in [1.82, 2.24) is 0 Å². The highest BCUT2D eigenvalue weighted by Gasteiger charge is 2.46. The highest BCUT2D eigenvalue weighted by atomic mass is 79.9. The molecule has 10 rings (SSSR count). The average Bonchev–Trinajstić information content (AvgIpc) is 1.53. The van der Waals surface area contributed by atoms with Crippen LogP contribution in [-0.2, 0) is 21.7 Å². The van der Waals surface area contributed by atoms with Crippen molar-refractivity contribution in [2.75, 3.05) is 26.0 Å². The third-order valence-electron chi connectivity index (χ3n) is 20.5. The molecule has 1 heterocycles. The minimum atomic E-state index is -0.269. The Bertz CT molecular complexity index is 4310. The van der Waals surface area contributed by atoms with Crippen molar-refractivity contribution in [2.24, 2.45) is 0 Å². The average molecular weight is 1260 g/mol. The summed E-state index contributed by atoms with van der Waals surface area (Å²) in [5.74, 6) is 2.98. The normalized spacial score (nSPS) is 14.2. The van der Waals surface area contributed by atoms with Gasteiger partial charge in [0.25, 0.3) is 0 Å². The summed E-state index contributed by atoms with van der Waals surface area (Å²) in [5.41, 5.74) is 35.3. The van der Waals surface area contributed by atoms with Gasteiger partial charge in [0.2, 0.25) is 0 Å². The van der Waals surface area contributed by atoms with Gasteiger partial charge >= 0.3 is 6.98 Å². The molecule has 8 aromatic carbocycles. The number of rotatable bonds is 11. The van der Waals surface area contributed by atoms with Crippen molar-refractivity contribution in [3.05, 3.63) is 203 Å². The molecule has 0 spiro atoms. The van der Waals surface area contributed by atoms with Gasteiger partial charge in [0.15, 0.2) is 0 Å². The van der Waals surface area contributed by atoms with Crippen LogP contribution >= 0.6 is 27.5 Å². The number of hydrogen-bond acceptors (Lipinski definition) is 4. The van der Waals surface area contributed by atoms with Crippen LogP contribution < -0.4 is 52.2 Å². The predicted octanol–water partition coefficient (Wildman–Crippen LogP) is 7.71. The zero-order valence-electron chi connectivity index (χ0n) is 58.5. The van der Waals surface area contributed by atoms with E-state index in [9.17, 15) is 0 Å². The van der Waals surface area contributed by atoms with Crippen molar-refractivity contribution in [2.45, 2.75) is 126 Å². The minimum Gasteiger partial charge on any atom is -0.387 e.